The summed E-state index contributed by atoms with van der Waals surface area (Å²) in [5, 5.41) is 0. The van der Waals surface area contributed by atoms with Crippen molar-refractivity contribution in [3.05, 3.63) is 30.9 Å². The number of nitrogens with two attached hydrogens (primary N) is 1. The summed E-state index contributed by atoms with van der Waals surface area (Å²) in [6.07, 6.45) is 7.89. The van der Waals surface area contributed by atoms with E-state index in [0.717, 1.165) is 23.7 Å². The van der Waals surface area contributed by atoms with E-state index in [2.05, 4.69) is 28.4 Å². The van der Waals surface area contributed by atoms with Gasteiger partial charge in [-0.2, -0.15) is 0 Å². The van der Waals surface area contributed by atoms with Crippen molar-refractivity contribution in [1.82, 2.24) is 14.5 Å². The first-order chi connectivity index (χ1) is 8.66. The van der Waals surface area contributed by atoms with Gasteiger partial charge in [-0.25, -0.2) is 9.97 Å². The number of hydrogen-bond donors (Lipinski definition) is 1. The van der Waals surface area contributed by atoms with Gasteiger partial charge in [-0.05, 0) is 30.9 Å². The first kappa shape index (κ1) is 12.6. The van der Waals surface area contributed by atoms with Gasteiger partial charge in [0.05, 0.1) is 18.2 Å². The first-order valence-electron chi connectivity index (χ1n) is 6.39. The van der Waals surface area contributed by atoms with Gasteiger partial charge >= 0.3 is 0 Å². The second kappa shape index (κ2) is 5.67. The van der Waals surface area contributed by atoms with E-state index >= 15 is 0 Å². The lowest BCUT2D eigenvalue weighted by molar-refractivity contribution is 0.513. The SMILES string of the molecule is CC(C)CCCn1cncc1-c1ccnc(N)c1. The van der Waals surface area contributed by atoms with Gasteiger partial charge in [-0.3, -0.25) is 0 Å². The number of pyridine rings is 1. The second-order valence-corrected chi connectivity index (χ2v) is 4.98. The zero-order chi connectivity index (χ0) is 13.0. The molecule has 4 heteroatoms. The maximum absolute atomic E-state index is 5.71. The van der Waals surface area contributed by atoms with Gasteiger partial charge in [0.2, 0.25) is 0 Å². The Balaban J connectivity index is 2.12. The third-order valence-corrected chi connectivity index (χ3v) is 2.97. The van der Waals surface area contributed by atoms with Crippen molar-refractivity contribution in [3.8, 4) is 11.3 Å². The highest BCUT2D eigenvalue weighted by atomic mass is 15.0. The lowest BCUT2D eigenvalue weighted by Crippen LogP contribution is -2.01. The van der Waals surface area contributed by atoms with Crippen LogP contribution in [0.3, 0.4) is 0 Å². The van der Waals surface area contributed by atoms with Gasteiger partial charge in [0.1, 0.15) is 5.82 Å². The Kier molecular flexibility index (Phi) is 3.97. The lowest BCUT2D eigenvalue weighted by Gasteiger charge is -2.09. The van der Waals surface area contributed by atoms with Crippen LogP contribution in [-0.2, 0) is 6.54 Å². The Hall–Kier alpha value is -1.84. The molecule has 2 aromatic rings. The fourth-order valence-electron chi connectivity index (χ4n) is 2.02. The summed E-state index contributed by atoms with van der Waals surface area (Å²) in [5.74, 6) is 1.29. The van der Waals surface area contributed by atoms with Crippen molar-refractivity contribution < 1.29 is 0 Å². The van der Waals surface area contributed by atoms with Gasteiger partial charge in [-0.1, -0.05) is 13.8 Å². The summed E-state index contributed by atoms with van der Waals surface area (Å²) >= 11 is 0. The Morgan fingerprint density at radius 1 is 1.39 bits per heavy atom. The van der Waals surface area contributed by atoms with E-state index in [1.807, 2.05) is 24.7 Å². The van der Waals surface area contributed by atoms with Crippen molar-refractivity contribution in [2.45, 2.75) is 33.2 Å². The minimum Gasteiger partial charge on any atom is -0.384 e. The summed E-state index contributed by atoms with van der Waals surface area (Å²) in [6, 6.07) is 3.85. The number of imidazole rings is 1. The molecule has 4 nitrogen and oxygen atoms in total. The molecule has 2 rings (SSSR count). The van der Waals surface area contributed by atoms with E-state index in [-0.39, 0.29) is 0 Å². The average Bonchev–Trinajstić information content (AvgIpc) is 2.77. The molecule has 2 N–H and O–H groups in total. The number of nitrogens with zero attached hydrogens (tertiary/aromatic N) is 3. The predicted octanol–water partition coefficient (Wildman–Crippen LogP) is 2.96. The molecule has 2 aromatic heterocycles. The normalized spacial score (nSPS) is 11.1. The molecule has 0 radical (unpaired) electrons. The molecule has 0 bridgehead atoms. The molecular weight excluding hydrogens is 224 g/mol. The van der Waals surface area contributed by atoms with E-state index in [1.165, 1.54) is 12.8 Å². The first-order valence-corrected chi connectivity index (χ1v) is 6.39. The summed E-state index contributed by atoms with van der Waals surface area (Å²) < 4.78 is 2.18. The van der Waals surface area contributed by atoms with Crippen LogP contribution in [-0.4, -0.2) is 14.5 Å². The molecule has 0 aliphatic heterocycles. The largest absolute Gasteiger partial charge is 0.384 e. The van der Waals surface area contributed by atoms with Crippen molar-refractivity contribution in [1.29, 1.82) is 0 Å². The van der Waals surface area contributed by atoms with E-state index in [9.17, 15) is 0 Å². The summed E-state index contributed by atoms with van der Waals surface area (Å²) in [6.45, 7) is 5.49. The fourth-order valence-corrected chi connectivity index (χ4v) is 2.02. The van der Waals surface area contributed by atoms with Crippen molar-refractivity contribution in [2.24, 2.45) is 5.92 Å². The quantitative estimate of drug-likeness (QED) is 0.879. The molecule has 0 atom stereocenters. The number of aromatic nitrogens is 3. The minimum absolute atomic E-state index is 0.544. The van der Waals surface area contributed by atoms with Crippen LogP contribution >= 0.6 is 0 Å². The Labute approximate surface area is 108 Å². The van der Waals surface area contributed by atoms with Crippen molar-refractivity contribution in [2.75, 3.05) is 5.73 Å². The topological polar surface area (TPSA) is 56.7 Å². The standard InChI is InChI=1S/C14H20N4/c1-11(2)4-3-7-18-10-16-9-13(18)12-5-6-17-14(15)8-12/h5-6,8-11H,3-4,7H2,1-2H3,(H2,15,17). The monoisotopic (exact) mass is 244 g/mol. The molecule has 0 aliphatic rings. The van der Waals surface area contributed by atoms with E-state index in [0.29, 0.717) is 5.82 Å². The van der Waals surface area contributed by atoms with Crippen LogP contribution in [0.5, 0.6) is 0 Å². The molecule has 96 valence electrons. The molecule has 2 heterocycles. The second-order valence-electron chi connectivity index (χ2n) is 4.98. The molecule has 18 heavy (non-hydrogen) atoms. The molecule has 0 spiro atoms. The van der Waals surface area contributed by atoms with Crippen molar-refractivity contribution >= 4 is 5.82 Å². The highest BCUT2D eigenvalue weighted by Crippen LogP contribution is 2.20. The van der Waals surface area contributed by atoms with Crippen LogP contribution in [0.4, 0.5) is 5.82 Å². The van der Waals surface area contributed by atoms with Crippen LogP contribution in [0.2, 0.25) is 0 Å². The highest BCUT2D eigenvalue weighted by molar-refractivity contribution is 5.61. The molecular formula is C14H20N4. The lowest BCUT2D eigenvalue weighted by atomic mass is 10.1. The van der Waals surface area contributed by atoms with Gasteiger partial charge < -0.3 is 10.3 Å². The van der Waals surface area contributed by atoms with Crippen LogP contribution in [0.15, 0.2) is 30.9 Å². The van der Waals surface area contributed by atoms with Crippen LogP contribution < -0.4 is 5.73 Å². The molecule has 0 unspecified atom stereocenters. The molecule has 0 saturated heterocycles. The van der Waals surface area contributed by atoms with Gasteiger partial charge in [-0.15, -0.1) is 0 Å². The van der Waals surface area contributed by atoms with Gasteiger partial charge in [0.15, 0.2) is 0 Å². The summed E-state index contributed by atoms with van der Waals surface area (Å²) in [5.41, 5.74) is 7.89. The van der Waals surface area contributed by atoms with Gasteiger partial charge in [0, 0.05) is 18.3 Å². The maximum atomic E-state index is 5.71. The van der Waals surface area contributed by atoms with E-state index < -0.39 is 0 Å². The Morgan fingerprint density at radius 3 is 2.94 bits per heavy atom. The number of anilines is 1. The molecule has 0 saturated carbocycles. The zero-order valence-corrected chi connectivity index (χ0v) is 11.0. The Morgan fingerprint density at radius 2 is 2.22 bits per heavy atom. The van der Waals surface area contributed by atoms with E-state index in [4.69, 9.17) is 5.73 Å². The van der Waals surface area contributed by atoms with Crippen LogP contribution in [0.25, 0.3) is 11.3 Å². The average molecular weight is 244 g/mol. The summed E-state index contributed by atoms with van der Waals surface area (Å²) in [4.78, 5) is 8.24. The smallest absolute Gasteiger partial charge is 0.123 e. The van der Waals surface area contributed by atoms with Gasteiger partial charge in [0.25, 0.3) is 0 Å². The number of nitrogen functional groups attached to an aromatic ring is 1. The molecule has 0 aliphatic carbocycles. The molecule has 0 aromatic carbocycles. The number of rotatable bonds is 5. The molecule has 0 fully saturated rings. The maximum Gasteiger partial charge on any atom is 0.123 e. The highest BCUT2D eigenvalue weighted by Gasteiger charge is 2.05. The fraction of sp³-hybridized carbons (Fsp3) is 0.429. The van der Waals surface area contributed by atoms with E-state index in [1.54, 1.807) is 6.20 Å². The van der Waals surface area contributed by atoms with Crippen LogP contribution in [0, 0.1) is 5.92 Å². The molecule has 0 amide bonds. The third-order valence-electron chi connectivity index (χ3n) is 2.97. The third kappa shape index (κ3) is 3.09. The summed E-state index contributed by atoms with van der Waals surface area (Å²) in [7, 11) is 0. The minimum atomic E-state index is 0.544. The Bertz CT molecular complexity index is 502. The van der Waals surface area contributed by atoms with Crippen molar-refractivity contribution in [3.63, 3.8) is 0 Å². The van der Waals surface area contributed by atoms with Crippen LogP contribution in [0.1, 0.15) is 26.7 Å². The zero-order valence-electron chi connectivity index (χ0n) is 11.0. The number of aryl methyl sites for hydroxylation is 1. The predicted molar refractivity (Wildman–Crippen MR) is 73.9 cm³/mol. The number of hydrogen-bond acceptors (Lipinski definition) is 3.